The zero-order valence-corrected chi connectivity index (χ0v) is 14.8. The average molecular weight is 370 g/mol. The lowest BCUT2D eigenvalue weighted by Crippen LogP contribution is -2.51. The van der Waals surface area contributed by atoms with Gasteiger partial charge in [-0.25, -0.2) is 8.42 Å². The van der Waals surface area contributed by atoms with Crippen LogP contribution < -0.4 is 15.8 Å². The molecule has 0 spiro atoms. The lowest BCUT2D eigenvalue weighted by atomic mass is 9.74. The number of hydrogen-bond acceptors (Lipinski definition) is 7. The minimum Gasteiger partial charge on any atom is -0.325 e. The fourth-order valence-corrected chi connectivity index (χ4v) is 3.93. The van der Waals surface area contributed by atoms with E-state index >= 15 is 0 Å². The van der Waals surface area contributed by atoms with Crippen molar-refractivity contribution >= 4 is 49.9 Å². The molecular formula is C11H20ClN5O3S2. The number of rotatable bonds is 4. The molecule has 1 fully saturated rings. The summed E-state index contributed by atoms with van der Waals surface area (Å²) >= 11 is 0.967. The van der Waals surface area contributed by atoms with Crippen LogP contribution in [-0.2, 0) is 14.8 Å². The van der Waals surface area contributed by atoms with Gasteiger partial charge in [-0.2, -0.15) is 0 Å². The first-order chi connectivity index (χ1) is 9.67. The highest BCUT2D eigenvalue weighted by atomic mass is 35.5. The zero-order valence-electron chi connectivity index (χ0n) is 12.3. The van der Waals surface area contributed by atoms with Crippen molar-refractivity contribution in [2.24, 2.45) is 11.7 Å². The van der Waals surface area contributed by atoms with E-state index in [0.29, 0.717) is 0 Å². The van der Waals surface area contributed by atoms with Crippen molar-refractivity contribution < 1.29 is 13.2 Å². The Labute approximate surface area is 139 Å². The number of aromatic nitrogens is 2. The molecule has 22 heavy (non-hydrogen) atoms. The molecule has 2 atom stereocenters. The quantitative estimate of drug-likeness (QED) is 0.731. The Balaban J connectivity index is 0.00000242. The molecule has 8 nitrogen and oxygen atoms in total. The molecule has 1 aromatic rings. The molecule has 0 aliphatic heterocycles. The number of anilines is 2. The molecule has 1 heterocycles. The number of nitrogens with two attached hydrogens (primary N) is 1. The second kappa shape index (κ2) is 7.07. The lowest BCUT2D eigenvalue weighted by molar-refractivity contribution is -0.122. The molecule has 0 radical (unpaired) electrons. The molecule has 1 amide bonds. The van der Waals surface area contributed by atoms with Crippen LogP contribution in [0.3, 0.4) is 0 Å². The molecule has 2 rings (SSSR count). The van der Waals surface area contributed by atoms with Gasteiger partial charge >= 0.3 is 0 Å². The highest BCUT2D eigenvalue weighted by Crippen LogP contribution is 2.33. The fourth-order valence-electron chi connectivity index (χ4n) is 2.45. The Hall–Kier alpha value is -0.970. The predicted octanol–water partition coefficient (Wildman–Crippen LogP) is 1.18. The van der Waals surface area contributed by atoms with Gasteiger partial charge in [0.2, 0.25) is 26.2 Å². The Bertz CT molecular complexity index is 631. The van der Waals surface area contributed by atoms with E-state index in [-0.39, 0.29) is 34.5 Å². The SMILES string of the molecule is CC1(N)CCCCC1C(=O)Nc1nnc(NS(C)(=O)=O)s1.Cl. The summed E-state index contributed by atoms with van der Waals surface area (Å²) in [5, 5.41) is 10.5. The Kier molecular flexibility index (Phi) is 6.13. The molecule has 1 aliphatic rings. The van der Waals surface area contributed by atoms with Crippen LogP contribution in [0.2, 0.25) is 0 Å². The average Bonchev–Trinajstić information content (AvgIpc) is 2.73. The summed E-state index contributed by atoms with van der Waals surface area (Å²) in [6, 6.07) is 0. The van der Waals surface area contributed by atoms with Gasteiger partial charge in [0.05, 0.1) is 12.2 Å². The normalized spacial score (nSPS) is 25.1. The largest absolute Gasteiger partial charge is 0.325 e. The van der Waals surface area contributed by atoms with Crippen LogP contribution in [0.1, 0.15) is 32.6 Å². The summed E-state index contributed by atoms with van der Waals surface area (Å²) in [7, 11) is -3.41. The molecule has 1 aromatic heterocycles. The van der Waals surface area contributed by atoms with E-state index in [4.69, 9.17) is 5.73 Å². The second-order valence-electron chi connectivity index (χ2n) is 5.58. The van der Waals surface area contributed by atoms with Crippen molar-refractivity contribution in [3.05, 3.63) is 0 Å². The summed E-state index contributed by atoms with van der Waals surface area (Å²) < 4.78 is 24.4. The molecule has 126 valence electrons. The topological polar surface area (TPSA) is 127 Å². The van der Waals surface area contributed by atoms with Crippen LogP contribution in [0.15, 0.2) is 0 Å². The molecule has 11 heteroatoms. The standard InChI is InChI=1S/C11H19N5O3S2.ClH/c1-11(12)6-4-3-5-7(11)8(17)13-9-14-15-10(20-9)16-21(2,18)19;/h7H,3-6,12H2,1-2H3,(H,15,16)(H,13,14,17);1H. The van der Waals surface area contributed by atoms with Crippen LogP contribution in [0.5, 0.6) is 0 Å². The fraction of sp³-hybridized carbons (Fsp3) is 0.727. The van der Waals surface area contributed by atoms with Gasteiger partial charge in [0.15, 0.2) is 0 Å². The third kappa shape index (κ3) is 5.04. The first-order valence-electron chi connectivity index (χ1n) is 6.58. The molecule has 0 bridgehead atoms. The Morgan fingerprint density at radius 2 is 2.00 bits per heavy atom. The van der Waals surface area contributed by atoms with Crippen LogP contribution in [0.25, 0.3) is 0 Å². The maximum Gasteiger partial charge on any atom is 0.231 e. The minimum atomic E-state index is -3.41. The van der Waals surface area contributed by atoms with E-state index in [9.17, 15) is 13.2 Å². The number of sulfonamides is 1. The molecule has 1 saturated carbocycles. The number of nitrogens with one attached hydrogen (secondary N) is 2. The van der Waals surface area contributed by atoms with E-state index in [1.807, 2.05) is 6.92 Å². The molecule has 0 aromatic carbocycles. The monoisotopic (exact) mass is 369 g/mol. The highest BCUT2D eigenvalue weighted by molar-refractivity contribution is 7.92. The highest BCUT2D eigenvalue weighted by Gasteiger charge is 2.38. The number of amides is 1. The minimum absolute atomic E-state index is 0. The summed E-state index contributed by atoms with van der Waals surface area (Å²) in [5.74, 6) is -0.469. The maximum absolute atomic E-state index is 12.3. The molecule has 2 unspecified atom stereocenters. The smallest absolute Gasteiger partial charge is 0.231 e. The van der Waals surface area contributed by atoms with E-state index in [2.05, 4.69) is 20.2 Å². The van der Waals surface area contributed by atoms with Crippen molar-refractivity contribution in [2.75, 3.05) is 16.3 Å². The number of carbonyl (C=O) groups is 1. The van der Waals surface area contributed by atoms with Crippen LogP contribution in [0.4, 0.5) is 10.3 Å². The number of halogens is 1. The van der Waals surface area contributed by atoms with Gasteiger partial charge < -0.3 is 11.1 Å². The lowest BCUT2D eigenvalue weighted by Gasteiger charge is -2.36. The van der Waals surface area contributed by atoms with E-state index in [1.165, 1.54) is 0 Å². The third-order valence-corrected chi connectivity index (χ3v) is 4.95. The van der Waals surface area contributed by atoms with Gasteiger partial charge in [0, 0.05) is 5.54 Å². The number of hydrogen-bond donors (Lipinski definition) is 3. The van der Waals surface area contributed by atoms with Crippen molar-refractivity contribution in [3.63, 3.8) is 0 Å². The van der Waals surface area contributed by atoms with Crippen LogP contribution >= 0.6 is 23.7 Å². The van der Waals surface area contributed by atoms with Crippen LogP contribution in [0, 0.1) is 5.92 Å². The zero-order chi connectivity index (χ0) is 15.7. The first kappa shape index (κ1) is 19.1. The summed E-state index contributed by atoms with van der Waals surface area (Å²) in [5.41, 5.74) is 5.65. The third-order valence-electron chi connectivity index (χ3n) is 3.50. The molecule has 1 aliphatic carbocycles. The van der Waals surface area contributed by atoms with E-state index < -0.39 is 15.6 Å². The van der Waals surface area contributed by atoms with Gasteiger partial charge in [-0.05, 0) is 19.8 Å². The number of carbonyl (C=O) groups excluding carboxylic acids is 1. The first-order valence-corrected chi connectivity index (χ1v) is 9.29. The molecular weight excluding hydrogens is 350 g/mol. The maximum atomic E-state index is 12.3. The van der Waals surface area contributed by atoms with E-state index in [1.54, 1.807) is 0 Å². The van der Waals surface area contributed by atoms with Crippen molar-refractivity contribution in [2.45, 2.75) is 38.1 Å². The van der Waals surface area contributed by atoms with Gasteiger partial charge in [0.1, 0.15) is 0 Å². The van der Waals surface area contributed by atoms with Gasteiger partial charge in [0.25, 0.3) is 0 Å². The predicted molar refractivity (Wildman–Crippen MR) is 88.8 cm³/mol. The van der Waals surface area contributed by atoms with Gasteiger partial charge in [-0.15, -0.1) is 22.6 Å². The molecule has 0 saturated heterocycles. The van der Waals surface area contributed by atoms with Crippen molar-refractivity contribution in [3.8, 4) is 0 Å². The van der Waals surface area contributed by atoms with E-state index in [0.717, 1.165) is 43.3 Å². The number of nitrogens with zero attached hydrogens (tertiary/aromatic N) is 2. The van der Waals surface area contributed by atoms with Crippen molar-refractivity contribution in [1.82, 2.24) is 10.2 Å². The van der Waals surface area contributed by atoms with Crippen molar-refractivity contribution in [1.29, 1.82) is 0 Å². The van der Waals surface area contributed by atoms with Gasteiger partial charge in [-0.1, -0.05) is 24.2 Å². The second-order valence-corrected chi connectivity index (χ2v) is 8.31. The van der Waals surface area contributed by atoms with Gasteiger partial charge in [-0.3, -0.25) is 9.52 Å². The summed E-state index contributed by atoms with van der Waals surface area (Å²) in [6.07, 6.45) is 4.57. The Morgan fingerprint density at radius 3 is 2.59 bits per heavy atom. The Morgan fingerprint density at radius 1 is 1.36 bits per heavy atom. The molecule has 4 N–H and O–H groups in total. The van der Waals surface area contributed by atoms with Crippen LogP contribution in [-0.4, -0.2) is 36.3 Å². The summed E-state index contributed by atoms with van der Waals surface area (Å²) in [6.45, 7) is 1.88. The summed E-state index contributed by atoms with van der Waals surface area (Å²) in [4.78, 5) is 12.3.